The third-order valence-corrected chi connectivity index (χ3v) is 5.13. The number of alkyl halides is 3. The fourth-order valence-corrected chi connectivity index (χ4v) is 3.74. The number of halogens is 5. The van der Waals surface area contributed by atoms with E-state index in [1.54, 1.807) is 0 Å². The molecule has 0 unspecified atom stereocenters. The standard InChI is InChI=1S/C19H10Br2F3N/c20-12-3-7-15-16-8-4-13(21)10-18(16)25(17(15)9-12)14-5-1-11(2-6-14)19(22,23)24/h1-10H. The van der Waals surface area contributed by atoms with Gasteiger partial charge in [-0.25, -0.2) is 0 Å². The zero-order chi connectivity index (χ0) is 17.8. The second-order valence-electron chi connectivity index (χ2n) is 5.70. The Hall–Kier alpha value is -1.79. The van der Waals surface area contributed by atoms with Crippen LogP contribution in [-0.2, 0) is 6.18 Å². The summed E-state index contributed by atoms with van der Waals surface area (Å²) in [5, 5.41) is 2.09. The zero-order valence-electron chi connectivity index (χ0n) is 12.6. The number of aromatic nitrogens is 1. The third-order valence-electron chi connectivity index (χ3n) is 4.14. The van der Waals surface area contributed by atoms with Crippen LogP contribution in [0.15, 0.2) is 69.6 Å². The van der Waals surface area contributed by atoms with Crippen molar-refractivity contribution < 1.29 is 13.2 Å². The molecule has 6 heteroatoms. The molecule has 0 amide bonds. The minimum absolute atomic E-state index is 0.653. The predicted molar refractivity (Wildman–Crippen MR) is 101 cm³/mol. The molecule has 0 bridgehead atoms. The first-order valence-electron chi connectivity index (χ1n) is 7.41. The van der Waals surface area contributed by atoms with Crippen molar-refractivity contribution in [1.29, 1.82) is 0 Å². The monoisotopic (exact) mass is 467 g/mol. The highest BCUT2D eigenvalue weighted by atomic mass is 79.9. The molecular weight excluding hydrogens is 459 g/mol. The third kappa shape index (κ3) is 2.87. The van der Waals surface area contributed by atoms with Gasteiger partial charge in [0.25, 0.3) is 0 Å². The lowest BCUT2D eigenvalue weighted by atomic mass is 10.2. The van der Waals surface area contributed by atoms with E-state index in [0.717, 1.165) is 42.9 Å². The number of hydrogen-bond acceptors (Lipinski definition) is 0. The molecule has 0 spiro atoms. The molecule has 0 aliphatic carbocycles. The molecule has 0 aliphatic rings. The Bertz CT molecular complexity index is 1040. The predicted octanol–water partition coefficient (Wildman–Crippen LogP) is 7.33. The molecular formula is C19H10Br2F3N. The van der Waals surface area contributed by atoms with Crippen LogP contribution in [0.3, 0.4) is 0 Å². The van der Waals surface area contributed by atoms with Crippen LogP contribution in [0.1, 0.15) is 5.56 Å². The van der Waals surface area contributed by atoms with Gasteiger partial charge in [0.2, 0.25) is 0 Å². The highest BCUT2D eigenvalue weighted by molar-refractivity contribution is 9.10. The Morgan fingerprint density at radius 1 is 0.680 bits per heavy atom. The van der Waals surface area contributed by atoms with E-state index in [1.807, 2.05) is 41.0 Å². The first kappa shape index (κ1) is 16.7. The van der Waals surface area contributed by atoms with Gasteiger partial charge < -0.3 is 4.57 Å². The summed E-state index contributed by atoms with van der Waals surface area (Å²) < 4.78 is 42.4. The van der Waals surface area contributed by atoms with Crippen molar-refractivity contribution in [2.75, 3.05) is 0 Å². The number of nitrogens with zero attached hydrogens (tertiary/aromatic N) is 1. The Balaban J connectivity index is 2.04. The summed E-state index contributed by atoms with van der Waals surface area (Å²) in [5.41, 5.74) is 1.90. The molecule has 0 saturated carbocycles. The molecule has 4 aromatic rings. The topological polar surface area (TPSA) is 4.93 Å². The van der Waals surface area contributed by atoms with Gasteiger partial charge in [-0.05, 0) is 48.5 Å². The molecule has 0 radical (unpaired) electrons. The van der Waals surface area contributed by atoms with Crippen molar-refractivity contribution in [3.63, 3.8) is 0 Å². The van der Waals surface area contributed by atoms with Gasteiger partial charge >= 0.3 is 6.18 Å². The second-order valence-corrected chi connectivity index (χ2v) is 7.53. The molecule has 0 aliphatic heterocycles. The molecule has 3 aromatic carbocycles. The Kier molecular flexibility index (Phi) is 3.92. The fraction of sp³-hybridized carbons (Fsp3) is 0.0526. The molecule has 1 aromatic heterocycles. The van der Waals surface area contributed by atoms with E-state index < -0.39 is 11.7 Å². The van der Waals surface area contributed by atoms with Crippen molar-refractivity contribution in [2.24, 2.45) is 0 Å². The molecule has 1 heterocycles. The Morgan fingerprint density at radius 3 is 1.60 bits per heavy atom. The van der Waals surface area contributed by atoms with Crippen LogP contribution in [0.5, 0.6) is 0 Å². The second kappa shape index (κ2) is 5.88. The molecule has 25 heavy (non-hydrogen) atoms. The number of hydrogen-bond donors (Lipinski definition) is 0. The van der Waals surface area contributed by atoms with Crippen LogP contribution >= 0.6 is 31.9 Å². The van der Waals surface area contributed by atoms with Gasteiger partial charge in [0.15, 0.2) is 0 Å². The van der Waals surface area contributed by atoms with Crippen LogP contribution in [0.2, 0.25) is 0 Å². The minimum atomic E-state index is -4.34. The first-order valence-corrected chi connectivity index (χ1v) is 9.00. The molecule has 1 nitrogen and oxygen atoms in total. The van der Waals surface area contributed by atoms with Crippen molar-refractivity contribution >= 4 is 53.7 Å². The van der Waals surface area contributed by atoms with Crippen LogP contribution in [0.4, 0.5) is 13.2 Å². The summed E-state index contributed by atoms with van der Waals surface area (Å²) >= 11 is 6.95. The largest absolute Gasteiger partial charge is 0.416 e. The SMILES string of the molecule is FC(F)(F)c1ccc(-n2c3cc(Br)ccc3c3ccc(Br)cc32)cc1. The van der Waals surface area contributed by atoms with Gasteiger partial charge in [0, 0.05) is 25.4 Å². The average Bonchev–Trinajstić information content (AvgIpc) is 2.86. The van der Waals surface area contributed by atoms with Crippen molar-refractivity contribution in [3.05, 3.63) is 75.2 Å². The van der Waals surface area contributed by atoms with Crippen LogP contribution in [-0.4, -0.2) is 4.57 Å². The quantitative estimate of drug-likeness (QED) is 0.275. The van der Waals surface area contributed by atoms with E-state index >= 15 is 0 Å². The van der Waals surface area contributed by atoms with Gasteiger partial charge in [-0.2, -0.15) is 13.2 Å². The number of benzene rings is 3. The average molecular weight is 469 g/mol. The molecule has 0 fully saturated rings. The lowest BCUT2D eigenvalue weighted by Gasteiger charge is -2.11. The maximum absolute atomic E-state index is 12.9. The maximum atomic E-state index is 12.9. The summed E-state index contributed by atoms with van der Waals surface area (Å²) in [5.74, 6) is 0. The summed E-state index contributed by atoms with van der Waals surface area (Å²) in [6.45, 7) is 0. The zero-order valence-corrected chi connectivity index (χ0v) is 15.8. The van der Waals surface area contributed by atoms with Crippen LogP contribution < -0.4 is 0 Å². The highest BCUT2D eigenvalue weighted by Crippen LogP contribution is 2.36. The normalized spacial score (nSPS) is 12.2. The molecule has 0 atom stereocenters. The van der Waals surface area contributed by atoms with E-state index in [4.69, 9.17) is 0 Å². The highest BCUT2D eigenvalue weighted by Gasteiger charge is 2.30. The lowest BCUT2D eigenvalue weighted by molar-refractivity contribution is -0.137. The molecule has 0 saturated heterocycles. The van der Waals surface area contributed by atoms with Crippen LogP contribution in [0, 0.1) is 0 Å². The smallest absolute Gasteiger partial charge is 0.309 e. The number of rotatable bonds is 1. The maximum Gasteiger partial charge on any atom is 0.416 e. The summed E-state index contributed by atoms with van der Waals surface area (Å²) in [7, 11) is 0. The number of fused-ring (bicyclic) bond motifs is 3. The van der Waals surface area contributed by atoms with Gasteiger partial charge in [-0.15, -0.1) is 0 Å². The van der Waals surface area contributed by atoms with E-state index in [1.165, 1.54) is 12.1 Å². The van der Waals surface area contributed by atoms with E-state index in [9.17, 15) is 13.2 Å². The van der Waals surface area contributed by atoms with Crippen molar-refractivity contribution in [2.45, 2.75) is 6.18 Å². The Labute approximate surface area is 158 Å². The van der Waals surface area contributed by atoms with Crippen LogP contribution in [0.25, 0.3) is 27.5 Å². The van der Waals surface area contributed by atoms with Gasteiger partial charge in [0.05, 0.1) is 16.6 Å². The van der Waals surface area contributed by atoms with Gasteiger partial charge in [0.1, 0.15) is 0 Å². The first-order chi connectivity index (χ1) is 11.8. The van der Waals surface area contributed by atoms with Crippen molar-refractivity contribution in [1.82, 2.24) is 4.57 Å². The molecule has 0 N–H and O–H groups in total. The summed E-state index contributed by atoms with van der Waals surface area (Å²) in [4.78, 5) is 0. The minimum Gasteiger partial charge on any atom is -0.309 e. The molecule has 126 valence electrons. The lowest BCUT2D eigenvalue weighted by Crippen LogP contribution is -2.05. The van der Waals surface area contributed by atoms with Gasteiger partial charge in [-0.3, -0.25) is 0 Å². The fourth-order valence-electron chi connectivity index (χ4n) is 3.04. The van der Waals surface area contributed by atoms with E-state index in [-0.39, 0.29) is 0 Å². The summed E-state index contributed by atoms with van der Waals surface area (Å²) in [6, 6.07) is 17.1. The van der Waals surface area contributed by atoms with E-state index in [2.05, 4.69) is 31.9 Å². The molecule has 4 rings (SSSR count). The van der Waals surface area contributed by atoms with E-state index in [0.29, 0.717) is 5.69 Å². The summed E-state index contributed by atoms with van der Waals surface area (Å²) in [6.07, 6.45) is -4.34. The Morgan fingerprint density at radius 2 is 1.16 bits per heavy atom. The van der Waals surface area contributed by atoms with Crippen molar-refractivity contribution in [3.8, 4) is 5.69 Å². The van der Waals surface area contributed by atoms with Gasteiger partial charge in [-0.1, -0.05) is 44.0 Å².